The minimum Gasteiger partial charge on any atom is -0.467 e. The Labute approximate surface area is 107 Å². The third-order valence-electron chi connectivity index (χ3n) is 3.31. The molecule has 0 amide bonds. The monoisotopic (exact) mass is 246 g/mol. The van der Waals surface area contributed by atoms with Gasteiger partial charge in [-0.2, -0.15) is 0 Å². The van der Waals surface area contributed by atoms with Gasteiger partial charge < -0.3 is 9.47 Å². The predicted molar refractivity (Wildman–Crippen MR) is 70.2 cm³/mol. The van der Waals surface area contributed by atoms with Crippen LogP contribution in [-0.4, -0.2) is 19.7 Å². The van der Waals surface area contributed by atoms with E-state index < -0.39 is 0 Å². The zero-order chi connectivity index (χ0) is 13.1. The molecule has 0 spiro atoms. The summed E-state index contributed by atoms with van der Waals surface area (Å²) < 4.78 is 10.5. The fourth-order valence-electron chi connectivity index (χ4n) is 2.29. The van der Waals surface area contributed by atoms with Crippen LogP contribution < -0.4 is 0 Å². The molecule has 2 rings (SSSR count). The quantitative estimate of drug-likeness (QED) is 0.766. The normalized spacial score (nSPS) is 18.3. The molecule has 18 heavy (non-hydrogen) atoms. The lowest BCUT2D eigenvalue weighted by molar-refractivity contribution is -0.115. The first-order chi connectivity index (χ1) is 8.69. The van der Waals surface area contributed by atoms with Gasteiger partial charge in [-0.1, -0.05) is 32.0 Å². The van der Waals surface area contributed by atoms with E-state index in [1.165, 1.54) is 5.56 Å². The number of carbonyl (C=O) groups excluding carboxylic acids is 1. The van der Waals surface area contributed by atoms with Crippen molar-refractivity contribution in [1.82, 2.24) is 0 Å². The number of rotatable bonds is 4. The topological polar surface area (TPSA) is 35.5 Å². The van der Waals surface area contributed by atoms with Crippen molar-refractivity contribution >= 4 is 11.5 Å². The molecule has 0 heterocycles. The lowest BCUT2D eigenvalue weighted by atomic mass is 9.83. The van der Waals surface area contributed by atoms with E-state index in [0.717, 1.165) is 17.5 Å². The summed E-state index contributed by atoms with van der Waals surface area (Å²) in [4.78, 5) is 11.9. The first-order valence-electron chi connectivity index (χ1n) is 6.18. The Kier molecular flexibility index (Phi) is 3.82. The molecule has 0 fully saturated rings. The summed E-state index contributed by atoms with van der Waals surface area (Å²) in [5, 5.41) is 0. The maximum Gasteiger partial charge on any atom is 0.188 e. The van der Waals surface area contributed by atoms with Gasteiger partial charge in [0, 0.05) is 24.7 Å². The van der Waals surface area contributed by atoms with Gasteiger partial charge in [-0.15, -0.1) is 0 Å². The van der Waals surface area contributed by atoms with Crippen molar-refractivity contribution in [1.29, 1.82) is 0 Å². The predicted octanol–water partition coefficient (Wildman–Crippen LogP) is 2.90. The molecule has 1 atom stereocenters. The minimum atomic E-state index is -0.0959. The van der Waals surface area contributed by atoms with Gasteiger partial charge in [-0.3, -0.25) is 4.79 Å². The average molecular weight is 246 g/mol. The highest BCUT2D eigenvalue weighted by atomic mass is 16.7. The molecule has 1 aromatic rings. The summed E-state index contributed by atoms with van der Waals surface area (Å²) in [5.74, 6) is 0.621. The van der Waals surface area contributed by atoms with Crippen LogP contribution in [0.2, 0.25) is 0 Å². The summed E-state index contributed by atoms with van der Waals surface area (Å²) in [6.07, 6.45) is 2.50. The SMILES string of the molecule is CCc1cccc2c1C(OCOC)=CC(=O)C2C. The van der Waals surface area contributed by atoms with Crippen molar-refractivity contribution in [2.45, 2.75) is 26.2 Å². The Morgan fingerprint density at radius 2 is 2.11 bits per heavy atom. The summed E-state index contributed by atoms with van der Waals surface area (Å²) in [6.45, 7) is 4.19. The Morgan fingerprint density at radius 1 is 1.33 bits per heavy atom. The van der Waals surface area contributed by atoms with Crippen LogP contribution in [0.1, 0.15) is 36.5 Å². The van der Waals surface area contributed by atoms with Gasteiger partial charge in [0.25, 0.3) is 0 Å². The number of ketones is 1. The number of hydrogen-bond donors (Lipinski definition) is 0. The van der Waals surface area contributed by atoms with E-state index in [0.29, 0.717) is 5.76 Å². The number of ether oxygens (including phenoxy) is 2. The molecule has 1 aromatic carbocycles. The number of benzene rings is 1. The molecule has 96 valence electrons. The number of hydrogen-bond acceptors (Lipinski definition) is 3. The minimum absolute atomic E-state index is 0.0851. The lowest BCUT2D eigenvalue weighted by Gasteiger charge is -2.24. The molecule has 0 saturated heterocycles. The van der Waals surface area contributed by atoms with E-state index in [2.05, 4.69) is 13.0 Å². The largest absolute Gasteiger partial charge is 0.467 e. The van der Waals surface area contributed by atoms with Crippen molar-refractivity contribution in [3.8, 4) is 0 Å². The zero-order valence-corrected chi connectivity index (χ0v) is 11.0. The summed E-state index contributed by atoms with van der Waals surface area (Å²) in [7, 11) is 1.57. The van der Waals surface area contributed by atoms with Crippen molar-refractivity contribution in [3.63, 3.8) is 0 Å². The smallest absolute Gasteiger partial charge is 0.188 e. The van der Waals surface area contributed by atoms with E-state index in [9.17, 15) is 4.79 Å². The van der Waals surface area contributed by atoms with Crippen molar-refractivity contribution < 1.29 is 14.3 Å². The maximum absolute atomic E-state index is 11.9. The number of fused-ring (bicyclic) bond motifs is 1. The highest BCUT2D eigenvalue weighted by molar-refractivity contribution is 6.04. The number of allylic oxidation sites excluding steroid dienone is 1. The first-order valence-corrected chi connectivity index (χ1v) is 6.18. The van der Waals surface area contributed by atoms with Crippen LogP contribution in [0.4, 0.5) is 0 Å². The Balaban J connectivity index is 2.50. The lowest BCUT2D eigenvalue weighted by Crippen LogP contribution is -2.17. The molecule has 0 aromatic heterocycles. The van der Waals surface area contributed by atoms with Crippen LogP contribution in [0.3, 0.4) is 0 Å². The highest BCUT2D eigenvalue weighted by Crippen LogP contribution is 2.35. The Bertz CT molecular complexity index is 489. The summed E-state index contributed by atoms with van der Waals surface area (Å²) >= 11 is 0. The maximum atomic E-state index is 11.9. The third kappa shape index (κ3) is 2.18. The average Bonchev–Trinajstić information content (AvgIpc) is 2.40. The number of methoxy groups -OCH3 is 1. The second-order valence-corrected chi connectivity index (χ2v) is 4.42. The molecule has 0 radical (unpaired) electrons. The fraction of sp³-hybridized carbons (Fsp3) is 0.400. The van der Waals surface area contributed by atoms with Gasteiger partial charge in [0.1, 0.15) is 5.76 Å². The van der Waals surface area contributed by atoms with Gasteiger partial charge in [-0.05, 0) is 17.5 Å². The third-order valence-corrected chi connectivity index (χ3v) is 3.31. The van der Waals surface area contributed by atoms with Gasteiger partial charge >= 0.3 is 0 Å². The van der Waals surface area contributed by atoms with E-state index in [-0.39, 0.29) is 18.5 Å². The molecular formula is C15H18O3. The van der Waals surface area contributed by atoms with Crippen LogP contribution in [0.5, 0.6) is 0 Å². The zero-order valence-electron chi connectivity index (χ0n) is 11.0. The Morgan fingerprint density at radius 3 is 2.78 bits per heavy atom. The molecule has 0 aliphatic heterocycles. The van der Waals surface area contributed by atoms with Crippen LogP contribution in [0.25, 0.3) is 5.76 Å². The first kappa shape index (κ1) is 12.8. The van der Waals surface area contributed by atoms with E-state index in [1.807, 2.05) is 19.1 Å². The van der Waals surface area contributed by atoms with Crippen LogP contribution in [0, 0.1) is 0 Å². The molecule has 0 N–H and O–H groups in total. The van der Waals surface area contributed by atoms with Crippen LogP contribution >= 0.6 is 0 Å². The molecule has 0 bridgehead atoms. The molecule has 0 saturated carbocycles. The van der Waals surface area contributed by atoms with Gasteiger partial charge in [0.2, 0.25) is 0 Å². The highest BCUT2D eigenvalue weighted by Gasteiger charge is 2.27. The fourth-order valence-corrected chi connectivity index (χ4v) is 2.29. The number of aryl methyl sites for hydroxylation is 1. The van der Waals surface area contributed by atoms with E-state index in [4.69, 9.17) is 9.47 Å². The molecule has 1 unspecified atom stereocenters. The van der Waals surface area contributed by atoms with Crippen molar-refractivity contribution in [2.75, 3.05) is 13.9 Å². The molecule has 1 aliphatic rings. The van der Waals surface area contributed by atoms with Crippen LogP contribution in [0.15, 0.2) is 24.3 Å². The van der Waals surface area contributed by atoms with Gasteiger partial charge in [0.05, 0.1) is 0 Å². The van der Waals surface area contributed by atoms with Gasteiger partial charge in [0.15, 0.2) is 12.6 Å². The van der Waals surface area contributed by atoms with E-state index >= 15 is 0 Å². The standard InChI is InChI=1S/C15H18O3/c1-4-11-6-5-7-12-10(2)13(16)8-14(15(11)12)18-9-17-3/h5-8,10H,4,9H2,1-3H3. The van der Waals surface area contributed by atoms with Crippen LogP contribution in [-0.2, 0) is 20.7 Å². The van der Waals surface area contributed by atoms with E-state index in [1.54, 1.807) is 13.2 Å². The molecular weight excluding hydrogens is 228 g/mol. The molecule has 3 nitrogen and oxygen atoms in total. The molecule has 1 aliphatic carbocycles. The second-order valence-electron chi connectivity index (χ2n) is 4.42. The Hall–Kier alpha value is -1.61. The number of carbonyl (C=O) groups is 1. The molecule has 3 heteroatoms. The summed E-state index contributed by atoms with van der Waals surface area (Å²) in [6, 6.07) is 6.08. The second kappa shape index (κ2) is 5.36. The summed E-state index contributed by atoms with van der Waals surface area (Å²) in [5.41, 5.74) is 3.31. The van der Waals surface area contributed by atoms with Crippen molar-refractivity contribution in [2.24, 2.45) is 0 Å². The van der Waals surface area contributed by atoms with Crippen molar-refractivity contribution in [3.05, 3.63) is 41.0 Å². The van der Waals surface area contributed by atoms with Gasteiger partial charge in [-0.25, -0.2) is 0 Å².